The van der Waals surface area contributed by atoms with Gasteiger partial charge in [0.05, 0.1) is 0 Å². The molecule has 1 aromatic carbocycles. The number of halogens is 1. The monoisotopic (exact) mass is 300 g/mol. The lowest BCUT2D eigenvalue weighted by Crippen LogP contribution is -2.14. The highest BCUT2D eigenvalue weighted by Gasteiger charge is 2.05. The number of rotatable bonds is 8. The van der Waals surface area contributed by atoms with Gasteiger partial charge in [0, 0.05) is 36.0 Å². The second-order valence-electron chi connectivity index (χ2n) is 4.80. The van der Waals surface area contributed by atoms with Gasteiger partial charge in [-0.25, -0.2) is 0 Å². The van der Waals surface area contributed by atoms with Crippen LogP contribution >= 0.6 is 23.8 Å². The number of nitrogens with two attached hydrogens (primary N) is 1. The fourth-order valence-corrected chi connectivity index (χ4v) is 1.93. The maximum absolute atomic E-state index is 5.93. The summed E-state index contributed by atoms with van der Waals surface area (Å²) >= 11 is 10.9. The van der Waals surface area contributed by atoms with Gasteiger partial charge in [0.15, 0.2) is 0 Å². The van der Waals surface area contributed by atoms with Crippen molar-refractivity contribution in [1.29, 1.82) is 0 Å². The number of thiocarbonyl (C=S) groups is 1. The van der Waals surface area contributed by atoms with Crippen LogP contribution in [0.5, 0.6) is 0 Å². The molecule has 0 heterocycles. The molecule has 1 rings (SSSR count). The van der Waals surface area contributed by atoms with E-state index in [9.17, 15) is 0 Å². The van der Waals surface area contributed by atoms with E-state index in [1.165, 1.54) is 0 Å². The molecule has 3 N–H and O–H groups in total. The summed E-state index contributed by atoms with van der Waals surface area (Å²) in [6.45, 7) is 6.65. The summed E-state index contributed by atoms with van der Waals surface area (Å²) in [5.74, 6) is 0.574. The minimum atomic E-state index is 0.348. The second-order valence-corrected chi connectivity index (χ2v) is 5.68. The van der Waals surface area contributed by atoms with Gasteiger partial charge in [-0.15, -0.1) is 0 Å². The van der Waals surface area contributed by atoms with Crippen molar-refractivity contribution in [2.45, 2.75) is 20.3 Å². The highest BCUT2D eigenvalue weighted by atomic mass is 35.5. The SMILES string of the molecule is CC(C)COCCCNc1ccc(Cl)cc1C(N)=S. The van der Waals surface area contributed by atoms with E-state index < -0.39 is 0 Å². The molecule has 0 saturated carbocycles. The van der Waals surface area contributed by atoms with E-state index in [4.69, 9.17) is 34.3 Å². The molecule has 0 spiro atoms. The zero-order valence-corrected chi connectivity index (χ0v) is 13.0. The number of hydrogen-bond acceptors (Lipinski definition) is 3. The van der Waals surface area contributed by atoms with Crippen molar-refractivity contribution >= 4 is 34.5 Å². The molecule has 0 aliphatic heterocycles. The predicted molar refractivity (Wildman–Crippen MR) is 86.1 cm³/mol. The number of hydrogen-bond donors (Lipinski definition) is 2. The first kappa shape index (κ1) is 16.2. The van der Waals surface area contributed by atoms with Crippen LogP contribution in [0.15, 0.2) is 18.2 Å². The van der Waals surface area contributed by atoms with Crippen LogP contribution in [0.25, 0.3) is 0 Å². The lowest BCUT2D eigenvalue weighted by Gasteiger charge is -2.12. The molecule has 0 fully saturated rings. The molecule has 0 radical (unpaired) electrons. The van der Waals surface area contributed by atoms with E-state index in [1.807, 2.05) is 12.1 Å². The Hall–Kier alpha value is -0.840. The van der Waals surface area contributed by atoms with E-state index in [-0.39, 0.29) is 0 Å². The van der Waals surface area contributed by atoms with Gasteiger partial charge in [-0.3, -0.25) is 0 Å². The molecule has 0 aliphatic carbocycles. The second kappa shape index (κ2) is 8.35. The molecule has 0 aromatic heterocycles. The van der Waals surface area contributed by atoms with Gasteiger partial charge in [-0.2, -0.15) is 0 Å². The average molecular weight is 301 g/mol. The number of benzene rings is 1. The van der Waals surface area contributed by atoms with Crippen LogP contribution in [0.3, 0.4) is 0 Å². The first-order chi connectivity index (χ1) is 9.00. The van der Waals surface area contributed by atoms with Gasteiger partial charge in [-0.05, 0) is 30.5 Å². The molecule has 0 unspecified atom stereocenters. The summed E-state index contributed by atoms with van der Waals surface area (Å²) in [4.78, 5) is 0.348. The maximum Gasteiger partial charge on any atom is 0.106 e. The molecule has 106 valence electrons. The standard InChI is InChI=1S/C14H21ClN2OS/c1-10(2)9-18-7-3-6-17-13-5-4-11(15)8-12(13)14(16)19/h4-5,8,10,17H,3,6-7,9H2,1-2H3,(H2,16,19). The molecule has 0 aliphatic rings. The van der Waals surface area contributed by atoms with E-state index in [0.29, 0.717) is 15.9 Å². The zero-order chi connectivity index (χ0) is 14.3. The van der Waals surface area contributed by atoms with Gasteiger partial charge < -0.3 is 15.8 Å². The molecule has 0 bridgehead atoms. The first-order valence-corrected chi connectivity index (χ1v) is 7.20. The van der Waals surface area contributed by atoms with Crippen LogP contribution in [0, 0.1) is 5.92 Å². The molecule has 3 nitrogen and oxygen atoms in total. The van der Waals surface area contributed by atoms with Crippen LogP contribution in [0.4, 0.5) is 5.69 Å². The molecular formula is C14H21ClN2OS. The van der Waals surface area contributed by atoms with Crippen molar-refractivity contribution in [3.8, 4) is 0 Å². The number of ether oxygens (including phenoxy) is 1. The molecule has 19 heavy (non-hydrogen) atoms. The average Bonchev–Trinajstić information content (AvgIpc) is 2.34. The highest BCUT2D eigenvalue weighted by molar-refractivity contribution is 7.80. The molecule has 0 atom stereocenters. The molecule has 0 saturated heterocycles. The predicted octanol–water partition coefficient (Wildman–Crippen LogP) is 3.45. The first-order valence-electron chi connectivity index (χ1n) is 6.41. The van der Waals surface area contributed by atoms with Crippen LogP contribution in [-0.2, 0) is 4.74 Å². The van der Waals surface area contributed by atoms with Crippen LogP contribution in [0.2, 0.25) is 5.02 Å². The third kappa shape index (κ3) is 6.23. The maximum atomic E-state index is 5.93. The van der Waals surface area contributed by atoms with E-state index in [1.54, 1.807) is 6.07 Å². The van der Waals surface area contributed by atoms with E-state index in [2.05, 4.69) is 19.2 Å². The Kier molecular flexibility index (Phi) is 7.13. The third-order valence-corrected chi connectivity index (χ3v) is 2.93. The summed E-state index contributed by atoms with van der Waals surface area (Å²) in [6.07, 6.45) is 0.937. The van der Waals surface area contributed by atoms with Crippen molar-refractivity contribution < 1.29 is 4.74 Å². The summed E-state index contributed by atoms with van der Waals surface area (Å²) in [7, 11) is 0. The van der Waals surface area contributed by atoms with Crippen molar-refractivity contribution in [3.63, 3.8) is 0 Å². The van der Waals surface area contributed by atoms with Gasteiger partial charge in [0.1, 0.15) is 4.99 Å². The summed E-state index contributed by atoms with van der Waals surface area (Å²) < 4.78 is 5.52. The Morgan fingerprint density at radius 2 is 2.21 bits per heavy atom. The van der Waals surface area contributed by atoms with Crippen LogP contribution < -0.4 is 11.1 Å². The van der Waals surface area contributed by atoms with E-state index in [0.717, 1.165) is 37.4 Å². The Morgan fingerprint density at radius 3 is 2.84 bits per heavy atom. The van der Waals surface area contributed by atoms with Crippen molar-refractivity contribution in [3.05, 3.63) is 28.8 Å². The Balaban J connectivity index is 2.39. The van der Waals surface area contributed by atoms with Crippen LogP contribution in [0.1, 0.15) is 25.8 Å². The van der Waals surface area contributed by atoms with Crippen LogP contribution in [-0.4, -0.2) is 24.7 Å². The quantitative estimate of drug-likeness (QED) is 0.570. The smallest absolute Gasteiger partial charge is 0.106 e. The fourth-order valence-electron chi connectivity index (χ4n) is 1.59. The van der Waals surface area contributed by atoms with E-state index >= 15 is 0 Å². The summed E-state index contributed by atoms with van der Waals surface area (Å²) in [6, 6.07) is 5.49. The largest absolute Gasteiger partial charge is 0.389 e. The van der Waals surface area contributed by atoms with Gasteiger partial charge in [0.25, 0.3) is 0 Å². The lowest BCUT2D eigenvalue weighted by atomic mass is 10.1. The molecular weight excluding hydrogens is 280 g/mol. The van der Waals surface area contributed by atoms with Crippen molar-refractivity contribution in [1.82, 2.24) is 0 Å². The Bertz CT molecular complexity index is 424. The zero-order valence-electron chi connectivity index (χ0n) is 11.4. The molecule has 5 heteroatoms. The summed E-state index contributed by atoms with van der Waals surface area (Å²) in [5.41, 5.74) is 7.38. The molecule has 0 amide bonds. The fraction of sp³-hybridized carbons (Fsp3) is 0.500. The van der Waals surface area contributed by atoms with Crippen molar-refractivity contribution in [2.75, 3.05) is 25.1 Å². The Labute approximate surface area is 125 Å². The van der Waals surface area contributed by atoms with Gasteiger partial charge in [-0.1, -0.05) is 37.7 Å². The minimum absolute atomic E-state index is 0.348. The Morgan fingerprint density at radius 1 is 1.47 bits per heavy atom. The molecule has 1 aromatic rings. The third-order valence-electron chi connectivity index (χ3n) is 2.48. The minimum Gasteiger partial charge on any atom is -0.389 e. The summed E-state index contributed by atoms with van der Waals surface area (Å²) in [5, 5.41) is 3.94. The highest BCUT2D eigenvalue weighted by Crippen LogP contribution is 2.20. The van der Waals surface area contributed by atoms with Gasteiger partial charge in [0.2, 0.25) is 0 Å². The number of anilines is 1. The van der Waals surface area contributed by atoms with Gasteiger partial charge >= 0.3 is 0 Å². The lowest BCUT2D eigenvalue weighted by molar-refractivity contribution is 0.110. The normalized spacial score (nSPS) is 10.7. The number of nitrogens with one attached hydrogen (secondary N) is 1. The topological polar surface area (TPSA) is 47.3 Å². The van der Waals surface area contributed by atoms with Crippen molar-refractivity contribution in [2.24, 2.45) is 11.7 Å².